The maximum Gasteiger partial charge on any atom is 0.272 e. The van der Waals surface area contributed by atoms with Crippen molar-refractivity contribution in [2.75, 3.05) is 20.1 Å². The van der Waals surface area contributed by atoms with Gasteiger partial charge < -0.3 is 9.64 Å². The topological polar surface area (TPSA) is 41.9 Å². The van der Waals surface area contributed by atoms with Crippen LogP contribution in [0.4, 0.5) is 0 Å². The van der Waals surface area contributed by atoms with Gasteiger partial charge in [0.05, 0.1) is 12.2 Å². The maximum atomic E-state index is 12.8. The highest BCUT2D eigenvalue weighted by Crippen LogP contribution is 2.27. The summed E-state index contributed by atoms with van der Waals surface area (Å²) in [7, 11) is 1.73. The zero-order valence-corrected chi connectivity index (χ0v) is 13.1. The average molecular weight is 278 g/mol. The van der Waals surface area contributed by atoms with Gasteiger partial charge in [0, 0.05) is 20.1 Å². The van der Waals surface area contributed by atoms with Crippen LogP contribution in [0.15, 0.2) is 16.1 Å². The normalized spacial score (nSPS) is 28.2. The molecule has 112 valence electrons. The van der Waals surface area contributed by atoms with Gasteiger partial charge in [-0.3, -0.25) is 9.79 Å². The van der Waals surface area contributed by atoms with E-state index in [1.54, 1.807) is 7.05 Å². The second kappa shape index (κ2) is 6.53. The van der Waals surface area contributed by atoms with Crippen LogP contribution in [0.2, 0.25) is 0 Å². The van der Waals surface area contributed by atoms with E-state index < -0.39 is 0 Å². The molecule has 0 aromatic rings. The van der Waals surface area contributed by atoms with Crippen LogP contribution in [0.3, 0.4) is 0 Å². The van der Waals surface area contributed by atoms with Crippen LogP contribution in [-0.2, 0) is 9.53 Å². The highest BCUT2D eigenvalue weighted by molar-refractivity contribution is 6.45. The molecule has 0 bridgehead atoms. The minimum Gasteiger partial charge on any atom is -0.372 e. The van der Waals surface area contributed by atoms with E-state index in [-0.39, 0.29) is 18.1 Å². The number of hydrogen-bond donors (Lipinski definition) is 0. The molecular formula is C16H26N2O2. The SMILES string of the molecule is CC[C@@H]1CN(C(=O)C(=NC)C2=C(C)CCC2)C[C@H](C)O1. The lowest BCUT2D eigenvalue weighted by atomic mass is 10.0. The molecule has 0 aromatic heterocycles. The third kappa shape index (κ3) is 3.11. The van der Waals surface area contributed by atoms with Crippen molar-refractivity contribution >= 4 is 11.6 Å². The van der Waals surface area contributed by atoms with Crippen molar-refractivity contribution in [1.82, 2.24) is 4.90 Å². The van der Waals surface area contributed by atoms with Gasteiger partial charge in [-0.2, -0.15) is 0 Å². The Bertz CT molecular complexity index is 440. The van der Waals surface area contributed by atoms with Gasteiger partial charge in [-0.1, -0.05) is 12.5 Å². The number of allylic oxidation sites excluding steroid dienone is 1. The summed E-state index contributed by atoms with van der Waals surface area (Å²) in [5.41, 5.74) is 3.17. The molecule has 1 fully saturated rings. The molecule has 1 saturated heterocycles. The van der Waals surface area contributed by atoms with Crippen molar-refractivity contribution in [1.29, 1.82) is 0 Å². The molecule has 2 atom stereocenters. The Morgan fingerprint density at radius 1 is 1.40 bits per heavy atom. The van der Waals surface area contributed by atoms with Crippen LogP contribution in [0.25, 0.3) is 0 Å². The Hall–Kier alpha value is -1.16. The average Bonchev–Trinajstić information content (AvgIpc) is 2.85. The van der Waals surface area contributed by atoms with Crippen molar-refractivity contribution in [2.24, 2.45) is 4.99 Å². The number of amides is 1. The van der Waals surface area contributed by atoms with Gasteiger partial charge in [0.1, 0.15) is 5.71 Å². The van der Waals surface area contributed by atoms with Crippen LogP contribution in [0, 0.1) is 0 Å². The van der Waals surface area contributed by atoms with E-state index in [2.05, 4.69) is 18.8 Å². The van der Waals surface area contributed by atoms with Gasteiger partial charge in [-0.15, -0.1) is 0 Å². The van der Waals surface area contributed by atoms with E-state index in [0.717, 1.165) is 25.7 Å². The summed E-state index contributed by atoms with van der Waals surface area (Å²) in [4.78, 5) is 19.0. The zero-order chi connectivity index (χ0) is 14.7. The van der Waals surface area contributed by atoms with Crippen molar-refractivity contribution in [3.63, 3.8) is 0 Å². The van der Waals surface area contributed by atoms with Gasteiger partial charge in [-0.25, -0.2) is 0 Å². The minimum atomic E-state index is 0.0809. The largest absolute Gasteiger partial charge is 0.372 e. The first-order valence-corrected chi connectivity index (χ1v) is 7.67. The number of aliphatic imine (C=N–C) groups is 1. The number of ether oxygens (including phenoxy) is 1. The van der Waals surface area contributed by atoms with Gasteiger partial charge in [0.15, 0.2) is 0 Å². The molecule has 2 rings (SSSR count). The molecular weight excluding hydrogens is 252 g/mol. The summed E-state index contributed by atoms with van der Waals surface area (Å²) >= 11 is 0. The summed E-state index contributed by atoms with van der Waals surface area (Å²) in [5, 5.41) is 0. The fraction of sp³-hybridized carbons (Fsp3) is 0.750. The molecule has 1 heterocycles. The summed E-state index contributed by atoms with van der Waals surface area (Å²) in [5.74, 6) is 0.0809. The number of nitrogens with zero attached hydrogens (tertiary/aromatic N) is 2. The molecule has 4 nitrogen and oxygen atoms in total. The van der Waals surface area contributed by atoms with Crippen LogP contribution in [0.5, 0.6) is 0 Å². The Morgan fingerprint density at radius 3 is 2.70 bits per heavy atom. The fourth-order valence-electron chi connectivity index (χ4n) is 3.16. The lowest BCUT2D eigenvalue weighted by molar-refractivity contribution is -0.137. The molecule has 2 aliphatic rings. The number of hydrogen-bond acceptors (Lipinski definition) is 3. The molecule has 0 N–H and O–H groups in total. The number of morpholine rings is 1. The van der Waals surface area contributed by atoms with Crippen molar-refractivity contribution < 1.29 is 9.53 Å². The number of carbonyl (C=O) groups excluding carboxylic acids is 1. The van der Waals surface area contributed by atoms with Gasteiger partial charge in [-0.05, 0) is 45.1 Å². The lowest BCUT2D eigenvalue weighted by Gasteiger charge is -2.36. The summed E-state index contributed by atoms with van der Waals surface area (Å²) < 4.78 is 5.83. The van der Waals surface area contributed by atoms with Gasteiger partial charge in [0.2, 0.25) is 0 Å². The van der Waals surface area contributed by atoms with E-state index in [4.69, 9.17) is 4.74 Å². The standard InChI is InChI=1S/C16H26N2O2/c1-5-13-10-18(9-12(3)20-13)16(19)15(17-4)14-8-6-7-11(14)2/h12-13H,5-10H2,1-4H3/t12-,13+/m0/s1. The molecule has 1 amide bonds. The van der Waals surface area contributed by atoms with Crippen molar-refractivity contribution in [3.8, 4) is 0 Å². The molecule has 0 radical (unpaired) electrons. The van der Waals surface area contributed by atoms with Gasteiger partial charge >= 0.3 is 0 Å². The number of carbonyl (C=O) groups is 1. The first-order chi connectivity index (χ1) is 9.56. The number of rotatable bonds is 3. The molecule has 0 spiro atoms. The molecule has 0 aromatic carbocycles. The molecule has 1 aliphatic heterocycles. The Balaban J connectivity index is 2.15. The van der Waals surface area contributed by atoms with Crippen molar-refractivity contribution in [2.45, 2.75) is 58.7 Å². The first-order valence-electron chi connectivity index (χ1n) is 7.67. The quantitative estimate of drug-likeness (QED) is 0.745. The minimum absolute atomic E-state index is 0.0809. The van der Waals surface area contributed by atoms with Crippen LogP contribution in [-0.4, -0.2) is 48.9 Å². The van der Waals surface area contributed by atoms with Crippen LogP contribution < -0.4 is 0 Å². The monoisotopic (exact) mass is 278 g/mol. The van der Waals surface area contributed by atoms with E-state index in [1.807, 2.05) is 11.8 Å². The molecule has 0 saturated carbocycles. The lowest BCUT2D eigenvalue weighted by Crippen LogP contribution is -2.51. The van der Waals surface area contributed by atoms with Crippen LogP contribution in [0.1, 0.15) is 46.5 Å². The highest BCUT2D eigenvalue weighted by Gasteiger charge is 2.31. The fourth-order valence-corrected chi connectivity index (χ4v) is 3.16. The summed E-state index contributed by atoms with van der Waals surface area (Å²) in [6, 6.07) is 0. The molecule has 4 heteroatoms. The zero-order valence-electron chi connectivity index (χ0n) is 13.1. The van der Waals surface area contributed by atoms with E-state index in [0.29, 0.717) is 18.8 Å². The predicted molar refractivity (Wildman–Crippen MR) is 81.1 cm³/mol. The highest BCUT2D eigenvalue weighted by atomic mass is 16.5. The molecule has 20 heavy (non-hydrogen) atoms. The van der Waals surface area contributed by atoms with E-state index in [9.17, 15) is 4.79 Å². The smallest absolute Gasteiger partial charge is 0.272 e. The Morgan fingerprint density at radius 2 is 2.15 bits per heavy atom. The molecule has 0 unspecified atom stereocenters. The van der Waals surface area contributed by atoms with E-state index >= 15 is 0 Å². The Labute approximate surface area is 121 Å². The Kier molecular flexibility index (Phi) is 4.97. The maximum absolute atomic E-state index is 12.8. The second-order valence-corrected chi connectivity index (χ2v) is 5.87. The molecule has 1 aliphatic carbocycles. The predicted octanol–water partition coefficient (Wildman–Crippen LogP) is 2.58. The third-order valence-electron chi connectivity index (χ3n) is 4.27. The third-order valence-corrected chi connectivity index (χ3v) is 4.27. The van der Waals surface area contributed by atoms with Crippen molar-refractivity contribution in [3.05, 3.63) is 11.1 Å². The second-order valence-electron chi connectivity index (χ2n) is 5.87. The first kappa shape index (κ1) is 15.2. The van der Waals surface area contributed by atoms with Crippen LogP contribution >= 0.6 is 0 Å². The summed E-state index contributed by atoms with van der Waals surface area (Å²) in [6.45, 7) is 7.61. The van der Waals surface area contributed by atoms with Gasteiger partial charge in [0.25, 0.3) is 5.91 Å². The van der Waals surface area contributed by atoms with E-state index in [1.165, 1.54) is 11.1 Å². The summed E-state index contributed by atoms with van der Waals surface area (Å²) in [6.07, 6.45) is 4.42.